The Morgan fingerprint density at radius 3 is 2.69 bits per heavy atom. The Labute approximate surface area is 162 Å². The van der Waals surface area contributed by atoms with Gasteiger partial charge in [-0.1, -0.05) is 15.9 Å². The molecule has 0 saturated carbocycles. The third-order valence-corrected chi connectivity index (χ3v) is 5.02. The van der Waals surface area contributed by atoms with Crippen LogP contribution in [0.2, 0.25) is 0 Å². The van der Waals surface area contributed by atoms with Crippen LogP contribution in [0.4, 0.5) is 10.8 Å². The van der Waals surface area contributed by atoms with E-state index < -0.39 is 5.91 Å². The lowest BCUT2D eigenvalue weighted by Crippen LogP contribution is -2.16. The van der Waals surface area contributed by atoms with Crippen molar-refractivity contribution in [2.75, 3.05) is 10.6 Å². The van der Waals surface area contributed by atoms with E-state index in [2.05, 4.69) is 41.5 Å². The summed E-state index contributed by atoms with van der Waals surface area (Å²) in [5.74, 6) is -0.560. The van der Waals surface area contributed by atoms with Crippen LogP contribution in [0.5, 0.6) is 0 Å². The lowest BCUT2D eigenvalue weighted by Gasteiger charge is -2.06. The van der Waals surface area contributed by atoms with Crippen LogP contribution in [0.15, 0.2) is 46.5 Å². The molecule has 2 amide bonds. The molecule has 7 nitrogen and oxygen atoms in total. The first-order valence-corrected chi connectivity index (χ1v) is 9.27. The number of hydrogen-bond donors (Lipinski definition) is 2. The van der Waals surface area contributed by atoms with Gasteiger partial charge in [-0.05, 0) is 36.8 Å². The number of rotatable bonds is 5. The molecule has 2 aromatic heterocycles. The Kier molecular flexibility index (Phi) is 5.69. The Bertz CT molecular complexity index is 945. The van der Waals surface area contributed by atoms with E-state index in [1.807, 2.05) is 25.1 Å². The van der Waals surface area contributed by atoms with Crippen molar-refractivity contribution in [2.24, 2.45) is 0 Å². The molecular weight excluding hydrogens is 418 g/mol. The van der Waals surface area contributed by atoms with Crippen LogP contribution in [0.25, 0.3) is 0 Å². The zero-order chi connectivity index (χ0) is 18.5. The maximum Gasteiger partial charge on any atom is 0.295 e. The molecule has 9 heteroatoms. The minimum Gasteiger partial charge on any atom is -0.326 e. The van der Waals surface area contributed by atoms with E-state index in [0.717, 1.165) is 15.7 Å². The van der Waals surface area contributed by atoms with Gasteiger partial charge in [-0.25, -0.2) is 15.0 Å². The van der Waals surface area contributed by atoms with E-state index >= 15 is 0 Å². The minimum absolute atomic E-state index is 0.0626. The van der Waals surface area contributed by atoms with Gasteiger partial charge in [0.15, 0.2) is 5.13 Å². The number of hydrogen-bond acceptors (Lipinski definition) is 6. The molecule has 3 rings (SSSR count). The zero-order valence-corrected chi connectivity index (χ0v) is 16.1. The first-order chi connectivity index (χ1) is 12.5. The highest BCUT2D eigenvalue weighted by atomic mass is 79.9. The number of carbonyl (C=O) groups excluding carboxylic acids is 2. The van der Waals surface area contributed by atoms with Crippen LogP contribution in [0.3, 0.4) is 0 Å². The van der Waals surface area contributed by atoms with Gasteiger partial charge in [-0.15, -0.1) is 11.3 Å². The van der Waals surface area contributed by atoms with Crippen molar-refractivity contribution in [3.63, 3.8) is 0 Å². The Hall–Kier alpha value is -2.65. The minimum atomic E-state index is -0.443. The number of nitrogens with one attached hydrogen (secondary N) is 2. The van der Waals surface area contributed by atoms with E-state index in [9.17, 15) is 9.59 Å². The number of nitrogens with zero attached hydrogens (tertiary/aromatic N) is 3. The van der Waals surface area contributed by atoms with Crippen molar-refractivity contribution < 1.29 is 9.59 Å². The van der Waals surface area contributed by atoms with Crippen molar-refractivity contribution in [1.82, 2.24) is 15.0 Å². The van der Waals surface area contributed by atoms with Crippen LogP contribution >= 0.6 is 27.3 Å². The Morgan fingerprint density at radius 2 is 1.96 bits per heavy atom. The third kappa shape index (κ3) is 4.70. The molecule has 0 aliphatic carbocycles. The largest absolute Gasteiger partial charge is 0.326 e. The number of amides is 2. The summed E-state index contributed by atoms with van der Waals surface area (Å²) in [5, 5.41) is 7.58. The van der Waals surface area contributed by atoms with Crippen molar-refractivity contribution in [2.45, 2.75) is 13.3 Å². The smallest absolute Gasteiger partial charge is 0.295 e. The molecule has 132 valence electrons. The fraction of sp³-hybridized carbons (Fsp3) is 0.118. The molecule has 2 heterocycles. The molecule has 0 spiro atoms. The van der Waals surface area contributed by atoms with Gasteiger partial charge < -0.3 is 5.32 Å². The van der Waals surface area contributed by atoms with Crippen LogP contribution in [-0.2, 0) is 11.2 Å². The van der Waals surface area contributed by atoms with Crippen molar-refractivity contribution in [3.8, 4) is 0 Å². The summed E-state index contributed by atoms with van der Waals surface area (Å²) in [5.41, 5.74) is 2.33. The highest BCUT2D eigenvalue weighted by molar-refractivity contribution is 9.10. The molecule has 0 fully saturated rings. The zero-order valence-electron chi connectivity index (χ0n) is 13.7. The molecule has 26 heavy (non-hydrogen) atoms. The summed E-state index contributed by atoms with van der Waals surface area (Å²) in [4.78, 5) is 36.2. The van der Waals surface area contributed by atoms with Crippen molar-refractivity contribution in [1.29, 1.82) is 0 Å². The molecule has 0 aliphatic heterocycles. The second-order valence-corrected chi connectivity index (χ2v) is 7.07. The lowest BCUT2D eigenvalue weighted by molar-refractivity contribution is -0.115. The third-order valence-electron chi connectivity index (χ3n) is 3.32. The molecule has 0 radical (unpaired) electrons. The van der Waals surface area contributed by atoms with E-state index in [4.69, 9.17) is 0 Å². The molecule has 1 aromatic carbocycles. The van der Waals surface area contributed by atoms with E-state index in [1.165, 1.54) is 23.7 Å². The molecule has 0 saturated heterocycles. The average Bonchev–Trinajstić information content (AvgIpc) is 3.05. The van der Waals surface area contributed by atoms with Gasteiger partial charge in [0.2, 0.25) is 11.7 Å². The number of thiazole rings is 1. The van der Waals surface area contributed by atoms with Crippen LogP contribution in [-0.4, -0.2) is 26.8 Å². The second-order valence-electron chi connectivity index (χ2n) is 5.36. The topological polar surface area (TPSA) is 96.9 Å². The van der Waals surface area contributed by atoms with Crippen LogP contribution < -0.4 is 10.6 Å². The van der Waals surface area contributed by atoms with Crippen molar-refractivity contribution in [3.05, 3.63) is 63.6 Å². The van der Waals surface area contributed by atoms with Crippen LogP contribution in [0.1, 0.15) is 21.9 Å². The Morgan fingerprint density at radius 1 is 1.19 bits per heavy atom. The normalized spacial score (nSPS) is 10.4. The van der Waals surface area contributed by atoms with Gasteiger partial charge in [0.1, 0.15) is 0 Å². The highest BCUT2D eigenvalue weighted by Gasteiger charge is 2.13. The molecule has 3 aromatic rings. The number of anilines is 2. The number of halogens is 1. The quantitative estimate of drug-likeness (QED) is 0.644. The maximum atomic E-state index is 12.2. The molecule has 0 atom stereocenters. The number of aryl methyl sites for hydroxylation is 1. The van der Waals surface area contributed by atoms with Gasteiger partial charge in [0, 0.05) is 27.9 Å². The first kappa shape index (κ1) is 18.2. The molecular formula is C17H14BrN5O2S. The lowest BCUT2D eigenvalue weighted by atomic mass is 10.2. The second kappa shape index (κ2) is 8.15. The number of benzene rings is 1. The maximum absolute atomic E-state index is 12.2. The summed E-state index contributed by atoms with van der Waals surface area (Å²) in [6.45, 7) is 1.95. The molecule has 2 N–H and O–H groups in total. The van der Waals surface area contributed by atoms with E-state index in [1.54, 1.807) is 11.4 Å². The fourth-order valence-corrected chi connectivity index (χ4v) is 3.06. The highest BCUT2D eigenvalue weighted by Crippen LogP contribution is 2.21. The average molecular weight is 432 g/mol. The van der Waals surface area contributed by atoms with E-state index in [-0.39, 0.29) is 18.2 Å². The van der Waals surface area contributed by atoms with Gasteiger partial charge in [-0.3, -0.25) is 14.9 Å². The van der Waals surface area contributed by atoms with Crippen LogP contribution in [0, 0.1) is 6.92 Å². The number of carbonyl (C=O) groups is 2. The fourth-order valence-electron chi connectivity index (χ4n) is 2.11. The standard InChI is InChI=1S/C17H14BrN5O2S/c1-10-7-11(3-4-13(10)18)21-14(24)8-12-9-26-17(22-12)23-16(25)15-19-5-2-6-20-15/h2-7,9H,8H2,1H3,(H,21,24)(H,22,23,25). The van der Waals surface area contributed by atoms with Gasteiger partial charge in [0.05, 0.1) is 12.1 Å². The van der Waals surface area contributed by atoms with Gasteiger partial charge >= 0.3 is 0 Å². The summed E-state index contributed by atoms with van der Waals surface area (Å²) in [7, 11) is 0. The molecule has 0 unspecified atom stereocenters. The van der Waals surface area contributed by atoms with E-state index in [0.29, 0.717) is 10.8 Å². The monoisotopic (exact) mass is 431 g/mol. The summed E-state index contributed by atoms with van der Waals surface area (Å²) >= 11 is 4.66. The molecule has 0 aliphatic rings. The van der Waals surface area contributed by atoms with Gasteiger partial charge in [-0.2, -0.15) is 0 Å². The van der Waals surface area contributed by atoms with Gasteiger partial charge in [0.25, 0.3) is 5.91 Å². The predicted octanol–water partition coefficient (Wildman–Crippen LogP) is 3.44. The summed E-state index contributed by atoms with van der Waals surface area (Å²) in [6.07, 6.45) is 3.09. The summed E-state index contributed by atoms with van der Waals surface area (Å²) < 4.78 is 0.984. The molecule has 0 bridgehead atoms. The predicted molar refractivity (Wildman–Crippen MR) is 103 cm³/mol. The number of aromatic nitrogens is 3. The first-order valence-electron chi connectivity index (χ1n) is 7.60. The van der Waals surface area contributed by atoms with Crippen molar-refractivity contribution >= 4 is 49.9 Å². The Balaban J connectivity index is 1.58. The summed E-state index contributed by atoms with van der Waals surface area (Å²) in [6, 6.07) is 7.22. The SMILES string of the molecule is Cc1cc(NC(=O)Cc2csc(NC(=O)c3ncccn3)n2)ccc1Br.